The Morgan fingerprint density at radius 2 is 2.03 bits per heavy atom. The molecule has 0 amide bonds. The number of aliphatic imine (C=N–C) groups is 1. The first-order valence-electron chi connectivity index (χ1n) is 13.1. The summed E-state index contributed by atoms with van der Waals surface area (Å²) >= 11 is 0. The highest BCUT2D eigenvalue weighted by Crippen LogP contribution is 2.25. The van der Waals surface area contributed by atoms with E-state index in [2.05, 4.69) is 29.2 Å². The number of hydrogen-bond acceptors (Lipinski definition) is 8. The summed E-state index contributed by atoms with van der Waals surface area (Å²) in [6.07, 6.45) is 7.43. The summed E-state index contributed by atoms with van der Waals surface area (Å²) < 4.78 is 46.1. The molecule has 210 valence electrons. The average molecular weight is 556 g/mol. The number of nitrogens with zero attached hydrogens (tertiary/aromatic N) is 1. The van der Waals surface area contributed by atoms with Crippen molar-refractivity contribution in [2.45, 2.75) is 63.2 Å². The predicted octanol–water partition coefficient (Wildman–Crippen LogP) is 4.23. The lowest BCUT2D eigenvalue weighted by Crippen LogP contribution is -2.34. The molecule has 0 radical (unpaired) electrons. The zero-order valence-electron chi connectivity index (χ0n) is 22.2. The van der Waals surface area contributed by atoms with Crippen molar-refractivity contribution in [2.75, 3.05) is 13.3 Å². The molecule has 0 aromatic heterocycles. The van der Waals surface area contributed by atoms with Gasteiger partial charge < -0.3 is 25.6 Å². The van der Waals surface area contributed by atoms with E-state index >= 15 is 0 Å². The third-order valence-electron chi connectivity index (χ3n) is 6.29. The number of nitrogens with one attached hydrogen (secondary N) is 1. The van der Waals surface area contributed by atoms with Gasteiger partial charge in [-0.1, -0.05) is 62.1 Å². The lowest BCUT2D eigenvalue weighted by atomic mass is 10.0. The van der Waals surface area contributed by atoms with Gasteiger partial charge in [-0.15, -0.1) is 0 Å². The fraction of sp³-hybridized carbons (Fsp3) is 0.414. The fourth-order valence-corrected chi connectivity index (χ4v) is 4.86. The summed E-state index contributed by atoms with van der Waals surface area (Å²) in [5, 5.41) is 11.5. The van der Waals surface area contributed by atoms with Gasteiger partial charge in [-0.2, -0.15) is 13.4 Å². The van der Waals surface area contributed by atoms with Crippen LogP contribution in [-0.4, -0.2) is 42.6 Å². The summed E-state index contributed by atoms with van der Waals surface area (Å²) in [4.78, 5) is 3.88. The normalized spacial score (nSPS) is 15.2. The van der Waals surface area contributed by atoms with E-state index in [0.29, 0.717) is 25.2 Å². The minimum absolute atomic E-state index is 0.135. The standard InChI is InChI=1S/C29H37N3O6S/c1-2-3-4-19-37-27(23-12-14-25(33)15-13-23)9-5-8-26(39(34,35)36)16-10-22-11-17-28-24(20-22)7-6-18-31-29(30)32-21-38-28/h5,9,11-15,17,20,26-27,33H,2-4,7-8,10,16,19,21H2,1H3,(H3,30,31,32)(H,34,35,36)/b9-5+/t26-,27+/m0/s1. The van der Waals surface area contributed by atoms with E-state index in [0.717, 1.165) is 36.0 Å². The number of rotatable bonds is 13. The number of unbranched alkanes of at least 4 members (excludes halogenated alkanes) is 2. The number of hydrogen-bond donors (Lipinski definition) is 4. The summed E-state index contributed by atoms with van der Waals surface area (Å²) in [6, 6.07) is 15.0. The molecule has 0 saturated heterocycles. The van der Waals surface area contributed by atoms with Crippen LogP contribution >= 0.6 is 0 Å². The van der Waals surface area contributed by atoms with Gasteiger partial charge in [0.25, 0.3) is 10.1 Å². The van der Waals surface area contributed by atoms with Crippen molar-refractivity contribution in [3.8, 4) is 23.5 Å². The van der Waals surface area contributed by atoms with Crippen LogP contribution < -0.4 is 15.8 Å². The smallest absolute Gasteiger partial charge is 0.268 e. The van der Waals surface area contributed by atoms with Crippen LogP contribution in [0, 0.1) is 12.0 Å². The molecule has 10 heteroatoms. The van der Waals surface area contributed by atoms with Gasteiger partial charge in [0.15, 0.2) is 6.73 Å². The number of nitrogens with two attached hydrogens (primary N) is 1. The summed E-state index contributed by atoms with van der Waals surface area (Å²) in [7, 11) is -4.28. The molecule has 2 atom stereocenters. The molecule has 0 aliphatic carbocycles. The number of guanidine groups is 1. The van der Waals surface area contributed by atoms with Gasteiger partial charge in [-0.25, -0.2) is 0 Å². The molecule has 5 N–H and O–H groups in total. The molecule has 1 aliphatic rings. The molecular formula is C29H37N3O6S. The van der Waals surface area contributed by atoms with Crippen LogP contribution in [0.5, 0.6) is 11.5 Å². The Morgan fingerprint density at radius 1 is 1.23 bits per heavy atom. The lowest BCUT2D eigenvalue weighted by molar-refractivity contribution is 0.0819. The van der Waals surface area contributed by atoms with Crippen molar-refractivity contribution >= 4 is 16.1 Å². The maximum Gasteiger partial charge on any atom is 0.268 e. The van der Waals surface area contributed by atoms with Crippen LogP contribution in [-0.2, 0) is 27.7 Å². The van der Waals surface area contributed by atoms with Crippen molar-refractivity contribution in [1.82, 2.24) is 5.32 Å². The number of fused-ring (bicyclic) bond motifs is 1. The van der Waals surface area contributed by atoms with Crippen LogP contribution in [0.1, 0.15) is 61.8 Å². The summed E-state index contributed by atoms with van der Waals surface area (Å²) in [5.41, 5.74) is 8.28. The highest BCUT2D eigenvalue weighted by atomic mass is 32.2. The Morgan fingerprint density at radius 3 is 2.77 bits per heavy atom. The second kappa shape index (κ2) is 15.2. The highest BCUT2D eigenvalue weighted by Gasteiger charge is 2.22. The Bertz CT molecular complexity index is 1300. The van der Waals surface area contributed by atoms with Crippen molar-refractivity contribution < 1.29 is 27.6 Å². The van der Waals surface area contributed by atoms with E-state index in [1.54, 1.807) is 30.3 Å². The molecule has 0 saturated carbocycles. The Balaban J connectivity index is 1.67. The molecule has 1 aliphatic heterocycles. The molecule has 0 bridgehead atoms. The van der Waals surface area contributed by atoms with Gasteiger partial charge in [0.1, 0.15) is 17.6 Å². The second-order valence-corrected chi connectivity index (χ2v) is 11.0. The average Bonchev–Trinajstić information content (AvgIpc) is 2.90. The third kappa shape index (κ3) is 10.3. The summed E-state index contributed by atoms with van der Waals surface area (Å²) in [6.45, 7) is 2.83. The van der Waals surface area contributed by atoms with E-state index in [-0.39, 0.29) is 37.4 Å². The van der Waals surface area contributed by atoms with Crippen molar-refractivity contribution in [3.63, 3.8) is 0 Å². The van der Waals surface area contributed by atoms with Crippen LogP contribution in [0.2, 0.25) is 0 Å². The maximum absolute atomic E-state index is 12.2. The van der Waals surface area contributed by atoms with Crippen molar-refractivity contribution in [2.24, 2.45) is 10.7 Å². The lowest BCUT2D eigenvalue weighted by Gasteiger charge is -2.17. The Kier molecular flexibility index (Phi) is 11.7. The second-order valence-electron chi connectivity index (χ2n) is 9.30. The van der Waals surface area contributed by atoms with E-state index in [1.165, 1.54) is 0 Å². The molecule has 2 aromatic carbocycles. The van der Waals surface area contributed by atoms with Crippen molar-refractivity contribution in [3.05, 3.63) is 71.3 Å². The molecule has 1 heterocycles. The monoisotopic (exact) mass is 555 g/mol. The molecule has 3 rings (SSSR count). The third-order valence-corrected chi connectivity index (χ3v) is 7.56. The molecule has 0 unspecified atom stereocenters. The molecule has 2 aromatic rings. The fourth-order valence-electron chi connectivity index (χ4n) is 4.09. The molecule has 0 fully saturated rings. The molecular weight excluding hydrogens is 518 g/mol. The number of phenols is 1. The SMILES string of the molecule is CCCCCO[C@H](/C=C/C[C@@H](CCc1ccc2c(c1)CC#CN=C(N)NCO2)S(=O)(=O)O)c1ccc(O)cc1. The molecule has 0 spiro atoms. The molecule has 9 nitrogen and oxygen atoms in total. The van der Waals surface area contributed by atoms with Gasteiger partial charge in [0.05, 0.1) is 5.25 Å². The van der Waals surface area contributed by atoms with E-state index in [9.17, 15) is 18.1 Å². The predicted molar refractivity (Wildman–Crippen MR) is 152 cm³/mol. The van der Waals surface area contributed by atoms with Gasteiger partial charge >= 0.3 is 0 Å². The Labute approximate surface area is 230 Å². The van der Waals surface area contributed by atoms with Crippen molar-refractivity contribution in [1.29, 1.82) is 0 Å². The quantitative estimate of drug-likeness (QED) is 0.124. The number of aromatic hydroxyl groups is 1. The summed E-state index contributed by atoms with van der Waals surface area (Å²) in [5.74, 6) is 3.93. The highest BCUT2D eigenvalue weighted by molar-refractivity contribution is 7.86. The largest absolute Gasteiger partial charge is 0.508 e. The first-order chi connectivity index (χ1) is 18.8. The zero-order valence-corrected chi connectivity index (χ0v) is 23.0. The van der Waals surface area contributed by atoms with Crippen LogP contribution in [0.4, 0.5) is 0 Å². The number of aryl methyl sites for hydroxylation is 1. The van der Waals surface area contributed by atoms with Gasteiger partial charge in [-0.3, -0.25) is 4.55 Å². The van der Waals surface area contributed by atoms with E-state index in [4.69, 9.17) is 15.2 Å². The van der Waals surface area contributed by atoms with Gasteiger partial charge in [-0.05, 0) is 55.0 Å². The number of phenolic OH excluding ortho intramolecular Hbond substituents is 1. The van der Waals surface area contributed by atoms with Crippen LogP contribution in [0.3, 0.4) is 0 Å². The molecule has 39 heavy (non-hydrogen) atoms. The van der Waals surface area contributed by atoms with Gasteiger partial charge in [0.2, 0.25) is 5.96 Å². The maximum atomic E-state index is 12.2. The van der Waals surface area contributed by atoms with E-state index < -0.39 is 15.4 Å². The van der Waals surface area contributed by atoms with Gasteiger partial charge in [0, 0.05) is 24.6 Å². The van der Waals surface area contributed by atoms with Crippen LogP contribution in [0.25, 0.3) is 0 Å². The van der Waals surface area contributed by atoms with Crippen LogP contribution in [0.15, 0.2) is 59.6 Å². The first kappa shape index (κ1) is 30.0. The van der Waals surface area contributed by atoms with E-state index in [1.807, 2.05) is 24.3 Å². The zero-order chi connectivity index (χ0) is 28.1. The number of allylic oxidation sites excluding steroid dienone is 1. The number of benzene rings is 2. The first-order valence-corrected chi connectivity index (χ1v) is 14.6. The minimum atomic E-state index is -4.28. The minimum Gasteiger partial charge on any atom is -0.508 e. The topological polar surface area (TPSA) is 143 Å². The number of ether oxygens (including phenoxy) is 2. The Hall–Kier alpha value is -3.52.